The molecule has 4 aliphatic carbocycles. The largest absolute Gasteiger partial charge is 0.497 e. The second-order valence-corrected chi connectivity index (χ2v) is 12.9. The molecule has 1 aromatic rings. The van der Waals surface area contributed by atoms with Gasteiger partial charge in [0.2, 0.25) is 5.91 Å². The quantitative estimate of drug-likeness (QED) is 0.530. The predicted octanol–water partition coefficient (Wildman–Crippen LogP) is 6.20. The molecule has 1 N–H and O–H groups in total. The number of carbonyl (C=O) groups is 2. The van der Waals surface area contributed by atoms with Crippen molar-refractivity contribution in [2.24, 2.45) is 34.5 Å². The molecule has 6 atom stereocenters. The molecule has 5 nitrogen and oxygen atoms in total. The van der Waals surface area contributed by atoms with E-state index in [1.807, 2.05) is 24.3 Å². The molecule has 0 radical (unpaired) electrons. The van der Waals surface area contributed by atoms with Gasteiger partial charge in [0, 0.05) is 18.4 Å². The Balaban J connectivity index is 1.35. The number of carbonyl (C=O) groups excluding carboxylic acids is 2. The molecule has 3 fully saturated rings. The number of nitrogens with one attached hydrogen (secondary N) is 1. The van der Waals surface area contributed by atoms with Crippen molar-refractivity contribution >= 4 is 11.7 Å². The van der Waals surface area contributed by atoms with E-state index in [0.717, 1.165) is 49.2 Å². The molecular formula is C31H43NO4. The average molecular weight is 494 g/mol. The van der Waals surface area contributed by atoms with Crippen LogP contribution in [0.5, 0.6) is 11.5 Å². The Morgan fingerprint density at radius 2 is 1.64 bits per heavy atom. The van der Waals surface area contributed by atoms with Gasteiger partial charge in [0.1, 0.15) is 11.5 Å². The summed E-state index contributed by atoms with van der Waals surface area (Å²) in [7, 11) is 3.30. The van der Waals surface area contributed by atoms with Crippen LogP contribution in [0.1, 0.15) is 84.6 Å². The number of ketones is 1. The number of ether oxygens (including phenoxy) is 2. The fraction of sp³-hybridized carbons (Fsp3) is 0.677. The highest BCUT2D eigenvalue weighted by atomic mass is 16.5. The van der Waals surface area contributed by atoms with Crippen LogP contribution < -0.4 is 14.8 Å². The van der Waals surface area contributed by atoms with E-state index in [2.05, 4.69) is 33.0 Å². The van der Waals surface area contributed by atoms with Crippen LogP contribution in [-0.2, 0) is 15.1 Å². The van der Waals surface area contributed by atoms with Gasteiger partial charge in [-0.05, 0) is 111 Å². The van der Waals surface area contributed by atoms with E-state index < -0.39 is 5.54 Å². The molecule has 0 bridgehead atoms. The highest BCUT2D eigenvalue weighted by Gasteiger charge is 2.60. The van der Waals surface area contributed by atoms with Crippen molar-refractivity contribution in [3.05, 3.63) is 35.4 Å². The Morgan fingerprint density at radius 3 is 2.31 bits per heavy atom. The third kappa shape index (κ3) is 3.97. The molecule has 1 amide bonds. The standard InChI is InChI=1S/C31H43NO4/c1-29(2,20-16-22(35-5)18-23(17-20)36-6)32-28(34)27-10-9-25-24-8-7-19-15-21(33)11-13-30(19,3)26(24)12-14-31(25,27)4/h15-18,24-27H,7-14H2,1-6H3,(H,32,34)/t24-,25-,26-,27+,30-,31-/m0/s1. The van der Waals surface area contributed by atoms with Crippen molar-refractivity contribution < 1.29 is 19.1 Å². The lowest BCUT2D eigenvalue weighted by molar-refractivity contribution is -0.134. The van der Waals surface area contributed by atoms with E-state index in [1.165, 1.54) is 18.4 Å². The van der Waals surface area contributed by atoms with E-state index in [-0.39, 0.29) is 22.7 Å². The minimum Gasteiger partial charge on any atom is -0.497 e. The van der Waals surface area contributed by atoms with Crippen LogP contribution in [0.25, 0.3) is 0 Å². The van der Waals surface area contributed by atoms with Crippen molar-refractivity contribution in [3.63, 3.8) is 0 Å². The summed E-state index contributed by atoms with van der Waals surface area (Å²) >= 11 is 0. The summed E-state index contributed by atoms with van der Waals surface area (Å²) in [4.78, 5) is 26.0. The Labute approximate surface area is 216 Å². The van der Waals surface area contributed by atoms with Crippen LogP contribution in [-0.4, -0.2) is 25.9 Å². The number of amides is 1. The molecule has 5 rings (SSSR count). The van der Waals surface area contributed by atoms with Gasteiger partial charge in [-0.15, -0.1) is 0 Å². The SMILES string of the molecule is COc1cc(OC)cc(C(C)(C)NC(=O)[C@H]2CC[C@H]3[C@@H]4CCC5=CC(=O)CC[C@]5(C)[C@H]4CC[C@]23C)c1. The third-order valence-corrected chi connectivity index (χ3v) is 10.8. The Kier molecular flexibility index (Phi) is 6.28. The topological polar surface area (TPSA) is 64.6 Å². The van der Waals surface area contributed by atoms with Gasteiger partial charge in [0.15, 0.2) is 5.78 Å². The number of rotatable bonds is 5. The molecule has 4 aliphatic rings. The molecule has 36 heavy (non-hydrogen) atoms. The first-order chi connectivity index (χ1) is 17.0. The maximum absolute atomic E-state index is 13.9. The van der Waals surface area contributed by atoms with E-state index in [4.69, 9.17) is 9.47 Å². The van der Waals surface area contributed by atoms with Gasteiger partial charge in [-0.3, -0.25) is 9.59 Å². The first-order valence-electron chi connectivity index (χ1n) is 13.8. The van der Waals surface area contributed by atoms with Crippen LogP contribution in [0.2, 0.25) is 0 Å². The molecule has 5 heteroatoms. The van der Waals surface area contributed by atoms with Crippen LogP contribution in [0.3, 0.4) is 0 Å². The van der Waals surface area contributed by atoms with Crippen molar-refractivity contribution in [3.8, 4) is 11.5 Å². The molecule has 0 aromatic heterocycles. The second-order valence-electron chi connectivity index (χ2n) is 12.9. The summed E-state index contributed by atoms with van der Waals surface area (Å²) in [5.41, 5.74) is 2.05. The first-order valence-corrected chi connectivity index (χ1v) is 13.8. The Hall–Kier alpha value is -2.30. The van der Waals surface area contributed by atoms with E-state index >= 15 is 0 Å². The van der Waals surface area contributed by atoms with E-state index in [9.17, 15) is 9.59 Å². The minimum absolute atomic E-state index is 0.0351. The molecule has 3 saturated carbocycles. The maximum Gasteiger partial charge on any atom is 0.224 e. The van der Waals surface area contributed by atoms with Crippen LogP contribution in [0, 0.1) is 34.5 Å². The molecule has 0 heterocycles. The lowest BCUT2D eigenvalue weighted by atomic mass is 9.47. The highest BCUT2D eigenvalue weighted by molar-refractivity contribution is 5.91. The fourth-order valence-electron chi connectivity index (χ4n) is 8.63. The Bertz CT molecular complexity index is 1070. The van der Waals surface area contributed by atoms with Crippen molar-refractivity contribution in [1.29, 1.82) is 0 Å². The minimum atomic E-state index is -0.544. The predicted molar refractivity (Wildman–Crippen MR) is 141 cm³/mol. The van der Waals surface area contributed by atoms with E-state index in [1.54, 1.807) is 14.2 Å². The Morgan fingerprint density at radius 1 is 0.944 bits per heavy atom. The van der Waals surface area contributed by atoms with Crippen LogP contribution in [0.15, 0.2) is 29.8 Å². The first kappa shape index (κ1) is 25.4. The molecule has 0 spiro atoms. The van der Waals surface area contributed by atoms with Crippen LogP contribution in [0.4, 0.5) is 0 Å². The number of hydrogen-bond donors (Lipinski definition) is 1. The van der Waals surface area contributed by atoms with Gasteiger partial charge < -0.3 is 14.8 Å². The smallest absolute Gasteiger partial charge is 0.224 e. The summed E-state index contributed by atoms with van der Waals surface area (Å²) < 4.78 is 10.9. The average Bonchev–Trinajstić information content (AvgIpc) is 3.21. The zero-order valence-corrected chi connectivity index (χ0v) is 22.9. The van der Waals surface area contributed by atoms with Gasteiger partial charge >= 0.3 is 0 Å². The van der Waals surface area contributed by atoms with Gasteiger partial charge in [-0.25, -0.2) is 0 Å². The summed E-state index contributed by atoms with van der Waals surface area (Å²) in [5, 5.41) is 3.41. The number of allylic oxidation sites excluding steroid dienone is 1. The van der Waals surface area contributed by atoms with E-state index in [0.29, 0.717) is 30.0 Å². The van der Waals surface area contributed by atoms with Crippen molar-refractivity contribution in [2.75, 3.05) is 14.2 Å². The molecule has 0 aliphatic heterocycles. The maximum atomic E-state index is 13.9. The summed E-state index contributed by atoms with van der Waals surface area (Å²) in [6.07, 6.45) is 10.3. The number of hydrogen-bond acceptors (Lipinski definition) is 4. The summed E-state index contributed by atoms with van der Waals surface area (Å²) in [6, 6.07) is 5.82. The second kappa shape index (κ2) is 8.92. The number of methoxy groups -OCH3 is 2. The van der Waals surface area contributed by atoms with Gasteiger partial charge in [0.05, 0.1) is 19.8 Å². The zero-order chi connectivity index (χ0) is 25.9. The van der Waals surface area contributed by atoms with Gasteiger partial charge in [0.25, 0.3) is 0 Å². The highest BCUT2D eigenvalue weighted by Crippen LogP contribution is 2.66. The molecule has 0 unspecified atom stereocenters. The van der Waals surface area contributed by atoms with Crippen molar-refractivity contribution in [1.82, 2.24) is 5.32 Å². The third-order valence-electron chi connectivity index (χ3n) is 10.8. The molecular weight excluding hydrogens is 450 g/mol. The van der Waals surface area contributed by atoms with Crippen LogP contribution >= 0.6 is 0 Å². The monoisotopic (exact) mass is 493 g/mol. The van der Waals surface area contributed by atoms with Crippen molar-refractivity contribution in [2.45, 2.75) is 84.6 Å². The summed E-state index contributed by atoms with van der Waals surface area (Å²) in [6.45, 7) is 8.94. The van der Waals surface area contributed by atoms with Gasteiger partial charge in [-0.1, -0.05) is 19.4 Å². The van der Waals surface area contributed by atoms with Gasteiger partial charge in [-0.2, -0.15) is 0 Å². The molecule has 0 saturated heterocycles. The number of fused-ring (bicyclic) bond motifs is 5. The zero-order valence-electron chi connectivity index (χ0n) is 22.9. The molecule has 196 valence electrons. The lowest BCUT2D eigenvalue weighted by Crippen LogP contribution is -2.53. The summed E-state index contributed by atoms with van der Waals surface area (Å²) in [5.74, 6) is 3.87. The normalized spacial score (nSPS) is 35.7. The lowest BCUT2D eigenvalue weighted by Gasteiger charge is -2.58. The number of benzene rings is 1. The fourth-order valence-corrected chi connectivity index (χ4v) is 8.63. The molecule has 1 aromatic carbocycles.